The molecule has 0 aliphatic carbocycles. The number of carboxylic acids is 2. The number of aryl methyl sites for hydroxylation is 1. The van der Waals surface area contributed by atoms with Crippen molar-refractivity contribution in [1.82, 2.24) is 5.32 Å². The van der Waals surface area contributed by atoms with E-state index in [0.29, 0.717) is 54.6 Å². The largest absolute Gasteiger partial charge is 0.494 e. The van der Waals surface area contributed by atoms with Crippen LogP contribution in [0.25, 0.3) is 11.1 Å². The van der Waals surface area contributed by atoms with Crippen molar-refractivity contribution in [3.8, 4) is 34.1 Å². The Hall–Kier alpha value is -5.51. The second-order valence-corrected chi connectivity index (χ2v) is 12.5. The molecule has 1 amide bonds. The van der Waals surface area contributed by atoms with Gasteiger partial charge in [-0.2, -0.15) is 0 Å². The molecule has 268 valence electrons. The van der Waals surface area contributed by atoms with E-state index >= 15 is 0 Å². The van der Waals surface area contributed by atoms with Gasteiger partial charge in [-0.05, 0) is 103 Å². The standard InChI is InChI=1S/C41H45NO9/c43-39(44)15-9-23-49-36-14-8-13-30(35(36)17-19-40(45)46)12-6-1-2-7-22-48-34-25-32(31-16-18-37-38(27-31)51-28-50-37)24-33(26-34)41(47)42-21-20-29-10-4-3-5-11-29/h3-5,8,10-11,13-14,16,18,24-27H,1-2,6-7,9,12,15,17,19-23,28H2,(H,42,47)(H,43,44)(H,45,46). The molecular formula is C41H45NO9. The molecule has 5 rings (SSSR count). The molecular weight excluding hydrogens is 650 g/mol. The molecule has 3 N–H and O–H groups in total. The highest BCUT2D eigenvalue weighted by Crippen LogP contribution is 2.37. The lowest BCUT2D eigenvalue weighted by Crippen LogP contribution is -2.25. The molecule has 0 saturated carbocycles. The molecule has 10 heteroatoms. The van der Waals surface area contributed by atoms with Crippen LogP contribution in [0.3, 0.4) is 0 Å². The fourth-order valence-electron chi connectivity index (χ4n) is 5.99. The minimum Gasteiger partial charge on any atom is -0.494 e. The van der Waals surface area contributed by atoms with Crippen LogP contribution in [0.1, 0.15) is 72.0 Å². The molecule has 0 fully saturated rings. The Kier molecular flexibility index (Phi) is 13.7. The minimum absolute atomic E-state index is 0.00718. The van der Waals surface area contributed by atoms with Gasteiger partial charge in [-0.1, -0.05) is 61.4 Å². The van der Waals surface area contributed by atoms with E-state index in [4.69, 9.17) is 24.1 Å². The molecule has 1 aliphatic rings. The minimum atomic E-state index is -0.876. The number of rotatable bonds is 21. The van der Waals surface area contributed by atoms with E-state index < -0.39 is 11.9 Å². The van der Waals surface area contributed by atoms with Crippen molar-refractivity contribution < 1.29 is 43.5 Å². The molecule has 10 nitrogen and oxygen atoms in total. The fraction of sp³-hybridized carbons (Fsp3) is 0.341. The van der Waals surface area contributed by atoms with Crippen LogP contribution in [0.2, 0.25) is 0 Å². The van der Waals surface area contributed by atoms with E-state index in [1.807, 2.05) is 78.9 Å². The van der Waals surface area contributed by atoms with Crippen molar-refractivity contribution in [2.45, 2.75) is 64.2 Å². The quantitative estimate of drug-likeness (QED) is 0.0756. The zero-order valence-electron chi connectivity index (χ0n) is 28.7. The molecule has 0 unspecified atom stereocenters. The predicted molar refractivity (Wildman–Crippen MR) is 193 cm³/mol. The summed E-state index contributed by atoms with van der Waals surface area (Å²) in [5.41, 5.74) is 5.33. The molecule has 0 radical (unpaired) electrons. The van der Waals surface area contributed by atoms with Crippen LogP contribution < -0.4 is 24.3 Å². The summed E-state index contributed by atoms with van der Waals surface area (Å²) < 4.78 is 23.1. The number of ether oxygens (including phenoxy) is 4. The van der Waals surface area contributed by atoms with Crippen molar-refractivity contribution in [1.29, 1.82) is 0 Å². The number of fused-ring (bicyclic) bond motifs is 1. The first-order valence-corrected chi connectivity index (χ1v) is 17.5. The summed E-state index contributed by atoms with van der Waals surface area (Å²) in [7, 11) is 0. The third-order valence-electron chi connectivity index (χ3n) is 8.64. The highest BCUT2D eigenvalue weighted by Gasteiger charge is 2.17. The summed E-state index contributed by atoms with van der Waals surface area (Å²) in [6, 6.07) is 27.1. The molecule has 1 heterocycles. The summed E-state index contributed by atoms with van der Waals surface area (Å²) in [4.78, 5) is 35.4. The van der Waals surface area contributed by atoms with Gasteiger partial charge in [-0.15, -0.1) is 0 Å². The maximum absolute atomic E-state index is 13.3. The van der Waals surface area contributed by atoms with Crippen LogP contribution >= 0.6 is 0 Å². The van der Waals surface area contributed by atoms with Gasteiger partial charge in [-0.25, -0.2) is 0 Å². The van der Waals surface area contributed by atoms with E-state index in [2.05, 4.69) is 5.32 Å². The van der Waals surface area contributed by atoms with E-state index in [1.165, 1.54) is 0 Å². The number of carbonyl (C=O) groups is 3. The number of hydrogen-bond acceptors (Lipinski definition) is 7. The Bertz CT molecular complexity index is 1770. The summed E-state index contributed by atoms with van der Waals surface area (Å²) in [6.45, 7) is 1.44. The van der Waals surface area contributed by atoms with E-state index in [0.717, 1.165) is 66.3 Å². The van der Waals surface area contributed by atoms with Crippen LogP contribution in [-0.2, 0) is 28.9 Å². The van der Waals surface area contributed by atoms with Gasteiger partial charge >= 0.3 is 11.9 Å². The van der Waals surface area contributed by atoms with Crippen LogP contribution in [-0.4, -0.2) is 54.6 Å². The van der Waals surface area contributed by atoms with Crippen molar-refractivity contribution in [3.05, 3.63) is 107 Å². The fourth-order valence-corrected chi connectivity index (χ4v) is 5.99. The SMILES string of the molecule is O=C(O)CCCOc1cccc(CCCCCCOc2cc(C(=O)NCCc3ccccc3)cc(-c3ccc4c(c3)OCO4)c2)c1CCC(=O)O. The second kappa shape index (κ2) is 19.0. The van der Waals surface area contributed by atoms with Crippen LogP contribution in [0.15, 0.2) is 84.9 Å². The van der Waals surface area contributed by atoms with Crippen LogP contribution in [0.4, 0.5) is 0 Å². The summed E-state index contributed by atoms with van der Waals surface area (Å²) in [5.74, 6) is 0.671. The van der Waals surface area contributed by atoms with Crippen molar-refractivity contribution in [2.24, 2.45) is 0 Å². The third kappa shape index (κ3) is 11.5. The molecule has 0 bridgehead atoms. The highest BCUT2D eigenvalue weighted by molar-refractivity contribution is 5.96. The zero-order valence-corrected chi connectivity index (χ0v) is 28.7. The van der Waals surface area contributed by atoms with E-state index in [9.17, 15) is 19.5 Å². The summed E-state index contributed by atoms with van der Waals surface area (Å²) >= 11 is 0. The number of carbonyl (C=O) groups excluding carboxylic acids is 1. The smallest absolute Gasteiger partial charge is 0.303 e. The maximum Gasteiger partial charge on any atom is 0.303 e. The van der Waals surface area contributed by atoms with E-state index in [-0.39, 0.29) is 32.1 Å². The molecule has 51 heavy (non-hydrogen) atoms. The van der Waals surface area contributed by atoms with Gasteiger partial charge in [-0.3, -0.25) is 14.4 Å². The number of unbranched alkanes of at least 4 members (excludes halogenated alkanes) is 3. The Morgan fingerprint density at radius 2 is 1.45 bits per heavy atom. The topological polar surface area (TPSA) is 141 Å². The third-order valence-corrected chi connectivity index (χ3v) is 8.64. The van der Waals surface area contributed by atoms with Crippen molar-refractivity contribution in [3.63, 3.8) is 0 Å². The average Bonchev–Trinajstić information content (AvgIpc) is 3.61. The lowest BCUT2D eigenvalue weighted by molar-refractivity contribution is -0.138. The first kappa shape index (κ1) is 36.8. The van der Waals surface area contributed by atoms with Gasteiger partial charge in [0.2, 0.25) is 6.79 Å². The zero-order chi connectivity index (χ0) is 35.8. The first-order valence-electron chi connectivity index (χ1n) is 17.5. The van der Waals surface area contributed by atoms with Gasteiger partial charge in [0.25, 0.3) is 5.91 Å². The Morgan fingerprint density at radius 1 is 0.667 bits per heavy atom. The molecule has 1 aliphatic heterocycles. The van der Waals surface area contributed by atoms with Gasteiger partial charge in [0.05, 0.1) is 13.2 Å². The average molecular weight is 696 g/mol. The van der Waals surface area contributed by atoms with Gasteiger partial charge in [0.15, 0.2) is 11.5 Å². The van der Waals surface area contributed by atoms with Crippen LogP contribution in [0, 0.1) is 0 Å². The Labute approximate surface area is 298 Å². The lowest BCUT2D eigenvalue weighted by Gasteiger charge is -2.15. The number of carboxylic acid groups (broad SMARTS) is 2. The molecule has 0 atom stereocenters. The number of hydrogen-bond donors (Lipinski definition) is 3. The normalized spacial score (nSPS) is 11.6. The van der Waals surface area contributed by atoms with Crippen LogP contribution in [0.5, 0.6) is 23.0 Å². The monoisotopic (exact) mass is 695 g/mol. The number of benzene rings is 4. The van der Waals surface area contributed by atoms with Gasteiger partial charge < -0.3 is 34.5 Å². The molecule has 0 aromatic heterocycles. The predicted octanol–water partition coefficient (Wildman–Crippen LogP) is 7.50. The Morgan fingerprint density at radius 3 is 2.27 bits per heavy atom. The lowest BCUT2D eigenvalue weighted by atomic mass is 9.97. The van der Waals surface area contributed by atoms with Gasteiger partial charge in [0, 0.05) is 24.9 Å². The Balaban J connectivity index is 1.15. The molecule has 0 saturated heterocycles. The van der Waals surface area contributed by atoms with Crippen molar-refractivity contribution in [2.75, 3.05) is 26.6 Å². The van der Waals surface area contributed by atoms with Gasteiger partial charge in [0.1, 0.15) is 11.5 Å². The first-order chi connectivity index (χ1) is 24.9. The second-order valence-electron chi connectivity index (χ2n) is 12.5. The van der Waals surface area contributed by atoms with E-state index in [1.54, 1.807) is 6.07 Å². The number of aliphatic carboxylic acids is 2. The maximum atomic E-state index is 13.3. The summed E-state index contributed by atoms with van der Waals surface area (Å²) in [5, 5.41) is 21.2. The molecule has 0 spiro atoms. The summed E-state index contributed by atoms with van der Waals surface area (Å²) in [6.07, 6.45) is 5.89. The molecule has 4 aromatic rings. The molecule has 4 aromatic carbocycles. The number of nitrogens with one attached hydrogen (secondary N) is 1. The highest BCUT2D eigenvalue weighted by atomic mass is 16.7. The van der Waals surface area contributed by atoms with Crippen molar-refractivity contribution >= 4 is 17.8 Å². The number of amides is 1.